The fourth-order valence-corrected chi connectivity index (χ4v) is 7.97. The number of carbonyl (C=O) groups is 3. The number of para-hydroxylation sites is 1. The van der Waals surface area contributed by atoms with Crippen LogP contribution in [0.3, 0.4) is 0 Å². The van der Waals surface area contributed by atoms with Crippen LogP contribution in [0.1, 0.15) is 56.1 Å². The number of benzene rings is 2. The van der Waals surface area contributed by atoms with Crippen molar-refractivity contribution < 1.29 is 19.1 Å². The van der Waals surface area contributed by atoms with E-state index < -0.39 is 12.2 Å². The van der Waals surface area contributed by atoms with Gasteiger partial charge in [-0.3, -0.25) is 4.79 Å². The molecule has 0 saturated carbocycles. The number of hydrogen-bond donors (Lipinski definition) is 1. The van der Waals surface area contributed by atoms with Gasteiger partial charge in [-0.25, -0.2) is 9.59 Å². The highest BCUT2D eigenvalue weighted by molar-refractivity contribution is 9.13. The van der Waals surface area contributed by atoms with Crippen LogP contribution in [-0.4, -0.2) is 102 Å². The molecule has 1 atom stereocenters. The first-order valence-corrected chi connectivity index (χ1v) is 18.0. The number of amides is 4. The van der Waals surface area contributed by atoms with Gasteiger partial charge in [0.25, 0.3) is 5.91 Å². The van der Waals surface area contributed by atoms with E-state index in [1.165, 1.54) is 19.3 Å². The molecule has 3 saturated heterocycles. The molecule has 2 aromatic carbocycles. The summed E-state index contributed by atoms with van der Waals surface area (Å²) in [4.78, 5) is 48.6. The van der Waals surface area contributed by atoms with E-state index in [0.717, 1.165) is 58.1 Å². The van der Waals surface area contributed by atoms with E-state index in [1.54, 1.807) is 4.90 Å². The second-order valence-corrected chi connectivity index (χ2v) is 14.4. The lowest BCUT2D eigenvalue weighted by molar-refractivity contribution is -0.142. The molecule has 0 aromatic heterocycles. The summed E-state index contributed by atoms with van der Waals surface area (Å²) in [6, 6.07) is 14.3. The summed E-state index contributed by atoms with van der Waals surface area (Å²) in [5, 5.41) is 3.06. The van der Waals surface area contributed by atoms with Crippen molar-refractivity contribution in [3.05, 3.63) is 62.5 Å². The van der Waals surface area contributed by atoms with Crippen molar-refractivity contribution >= 4 is 55.6 Å². The highest BCUT2D eigenvalue weighted by Crippen LogP contribution is 2.28. The van der Waals surface area contributed by atoms with Crippen molar-refractivity contribution in [2.45, 2.75) is 76.0 Å². The van der Waals surface area contributed by atoms with Crippen molar-refractivity contribution in [3.63, 3.8) is 0 Å². The summed E-state index contributed by atoms with van der Waals surface area (Å²) in [5.41, 5.74) is 2.93. The SMILES string of the molecule is O=C(O[C@H](Cc1ccc(Br)c(Br)c1)C(=O)N1CCC(N2CCCCC2)CC1)N1CCC(N2CCc3ccccc3NC2=O)CC1. The van der Waals surface area contributed by atoms with Crippen molar-refractivity contribution in [2.75, 3.05) is 51.1 Å². The smallest absolute Gasteiger partial charge is 0.410 e. The van der Waals surface area contributed by atoms with Gasteiger partial charge in [0, 0.05) is 65.9 Å². The lowest BCUT2D eigenvalue weighted by Gasteiger charge is -2.41. The minimum absolute atomic E-state index is 0.0436. The molecule has 4 heterocycles. The lowest BCUT2D eigenvalue weighted by atomic mass is 9.99. The molecule has 0 bridgehead atoms. The largest absolute Gasteiger partial charge is 0.436 e. The van der Waals surface area contributed by atoms with Crippen molar-refractivity contribution in [1.82, 2.24) is 19.6 Å². The Balaban J connectivity index is 1.07. The van der Waals surface area contributed by atoms with E-state index in [4.69, 9.17) is 4.74 Å². The summed E-state index contributed by atoms with van der Waals surface area (Å²) in [6.07, 6.45) is 6.83. The number of anilines is 1. The van der Waals surface area contributed by atoms with E-state index in [2.05, 4.69) is 48.1 Å². The highest BCUT2D eigenvalue weighted by Gasteiger charge is 2.36. The molecule has 4 aliphatic heterocycles. The van der Waals surface area contributed by atoms with Gasteiger partial charge in [0.2, 0.25) is 0 Å². The number of carbonyl (C=O) groups excluding carboxylic acids is 3. The number of likely N-dealkylation sites (tertiary alicyclic amines) is 3. The van der Waals surface area contributed by atoms with Crippen LogP contribution in [0.25, 0.3) is 0 Å². The first kappa shape index (κ1) is 32.3. The van der Waals surface area contributed by atoms with Gasteiger partial charge in [-0.05, 0) is 119 Å². The van der Waals surface area contributed by atoms with Crippen LogP contribution in [-0.2, 0) is 22.4 Å². The van der Waals surface area contributed by atoms with Crippen LogP contribution in [0.4, 0.5) is 15.3 Å². The lowest BCUT2D eigenvalue weighted by Crippen LogP contribution is -2.53. The van der Waals surface area contributed by atoms with Gasteiger partial charge in [0.05, 0.1) is 0 Å². The molecule has 45 heavy (non-hydrogen) atoms. The molecule has 4 aliphatic rings. The summed E-state index contributed by atoms with van der Waals surface area (Å²) >= 11 is 7.09. The van der Waals surface area contributed by atoms with Crippen LogP contribution in [0.2, 0.25) is 0 Å². The third-order valence-electron chi connectivity index (χ3n) is 9.91. The topological polar surface area (TPSA) is 85.4 Å². The Hall–Kier alpha value is -2.63. The molecule has 6 rings (SSSR count). The molecule has 3 fully saturated rings. The van der Waals surface area contributed by atoms with Crippen LogP contribution in [0.15, 0.2) is 51.4 Å². The number of fused-ring (bicyclic) bond motifs is 1. The highest BCUT2D eigenvalue weighted by atomic mass is 79.9. The minimum atomic E-state index is -0.898. The van der Waals surface area contributed by atoms with E-state index >= 15 is 0 Å². The van der Waals surface area contributed by atoms with Crippen LogP contribution in [0, 0.1) is 0 Å². The van der Waals surface area contributed by atoms with Gasteiger partial charge in [-0.1, -0.05) is 30.7 Å². The zero-order valence-electron chi connectivity index (χ0n) is 25.8. The van der Waals surface area contributed by atoms with Gasteiger partial charge in [0.15, 0.2) is 6.10 Å². The maximum Gasteiger partial charge on any atom is 0.410 e. The number of nitrogens with one attached hydrogen (secondary N) is 1. The molecule has 0 aliphatic carbocycles. The van der Waals surface area contributed by atoms with E-state index in [-0.39, 0.29) is 18.0 Å². The third-order valence-corrected chi connectivity index (χ3v) is 11.8. The molecule has 242 valence electrons. The summed E-state index contributed by atoms with van der Waals surface area (Å²) in [7, 11) is 0. The Bertz CT molecular complexity index is 1370. The van der Waals surface area contributed by atoms with Crippen LogP contribution >= 0.6 is 31.9 Å². The molecular formula is C34H43Br2N5O4. The quantitative estimate of drug-likeness (QED) is 0.376. The predicted octanol–water partition coefficient (Wildman–Crippen LogP) is 6.29. The average molecular weight is 746 g/mol. The van der Waals surface area contributed by atoms with Crippen molar-refractivity contribution in [3.8, 4) is 0 Å². The average Bonchev–Trinajstić information content (AvgIpc) is 3.24. The monoisotopic (exact) mass is 743 g/mol. The Morgan fingerprint density at radius 3 is 2.24 bits per heavy atom. The van der Waals surface area contributed by atoms with Gasteiger partial charge in [0.1, 0.15) is 0 Å². The van der Waals surface area contributed by atoms with Gasteiger partial charge in [-0.15, -0.1) is 0 Å². The van der Waals surface area contributed by atoms with Crippen LogP contribution in [0.5, 0.6) is 0 Å². The fourth-order valence-electron chi connectivity index (χ4n) is 7.29. The maximum atomic E-state index is 13.9. The van der Waals surface area contributed by atoms with Crippen LogP contribution < -0.4 is 5.32 Å². The molecule has 0 unspecified atom stereocenters. The zero-order chi connectivity index (χ0) is 31.3. The standard InChI is InChI=1S/C34H43Br2N5O4/c35-28-9-8-24(22-29(28)36)23-31(32(42)39-17-11-26(12-18-39)38-15-4-1-5-16-38)45-34(44)40-19-13-27(14-20-40)41-21-10-25-6-2-3-7-30(25)37-33(41)43/h2-3,6-9,22,26-27,31H,1,4-5,10-21,23H2,(H,37,43)/t31-/m1/s1. The van der Waals surface area contributed by atoms with E-state index in [1.807, 2.05) is 46.2 Å². The molecule has 9 nitrogen and oxygen atoms in total. The third kappa shape index (κ3) is 7.85. The Morgan fingerprint density at radius 2 is 1.51 bits per heavy atom. The molecule has 2 aromatic rings. The molecule has 1 N–H and O–H groups in total. The molecule has 0 radical (unpaired) electrons. The van der Waals surface area contributed by atoms with Gasteiger partial charge in [-0.2, -0.15) is 0 Å². The van der Waals surface area contributed by atoms with Gasteiger partial charge < -0.3 is 29.7 Å². The predicted molar refractivity (Wildman–Crippen MR) is 181 cm³/mol. The summed E-state index contributed by atoms with van der Waals surface area (Å²) in [5.74, 6) is -0.116. The number of piperidine rings is 3. The number of nitrogens with zero attached hydrogens (tertiary/aromatic N) is 4. The van der Waals surface area contributed by atoms with Crippen molar-refractivity contribution in [2.24, 2.45) is 0 Å². The number of ether oxygens (including phenoxy) is 1. The first-order valence-electron chi connectivity index (χ1n) is 16.4. The Labute approximate surface area is 282 Å². The van der Waals surface area contributed by atoms with E-state index in [0.29, 0.717) is 58.0 Å². The van der Waals surface area contributed by atoms with E-state index in [9.17, 15) is 14.4 Å². The number of halogens is 2. The van der Waals surface area contributed by atoms with Crippen molar-refractivity contribution in [1.29, 1.82) is 0 Å². The first-order chi connectivity index (χ1) is 21.9. The molecule has 4 amide bonds. The fraction of sp³-hybridized carbons (Fsp3) is 0.559. The summed E-state index contributed by atoms with van der Waals surface area (Å²) in [6.45, 7) is 5.29. The number of rotatable bonds is 6. The summed E-state index contributed by atoms with van der Waals surface area (Å²) < 4.78 is 7.87. The Morgan fingerprint density at radius 1 is 0.822 bits per heavy atom. The zero-order valence-corrected chi connectivity index (χ0v) is 28.9. The number of hydrogen-bond acceptors (Lipinski definition) is 5. The molecular weight excluding hydrogens is 702 g/mol. The molecule has 11 heteroatoms. The molecule has 0 spiro atoms. The van der Waals surface area contributed by atoms with Gasteiger partial charge >= 0.3 is 12.1 Å². The minimum Gasteiger partial charge on any atom is -0.436 e. The Kier molecular flexibility index (Phi) is 10.7. The maximum absolute atomic E-state index is 13.9. The normalized spacial score (nSPS) is 21.1. The number of urea groups is 1. The second kappa shape index (κ2) is 14.9. The second-order valence-electron chi connectivity index (χ2n) is 12.7.